The second-order valence-corrected chi connectivity index (χ2v) is 18.8. The van der Waals surface area contributed by atoms with Crippen molar-refractivity contribution in [3.8, 4) is 0 Å². The molecule has 414 valence electrons. The van der Waals surface area contributed by atoms with Crippen molar-refractivity contribution >= 4 is 17.9 Å². The topological polar surface area (TPSA) is 78.9 Å². The smallest absolute Gasteiger partial charge is 0.309 e. The maximum atomic E-state index is 12.9. The van der Waals surface area contributed by atoms with Crippen LogP contribution in [0.2, 0.25) is 0 Å². The van der Waals surface area contributed by atoms with Gasteiger partial charge in [0.1, 0.15) is 13.2 Å². The van der Waals surface area contributed by atoms with E-state index in [0.717, 1.165) is 148 Å². The number of hydrogen-bond acceptors (Lipinski definition) is 6. The van der Waals surface area contributed by atoms with E-state index in [1.807, 2.05) is 6.08 Å². The van der Waals surface area contributed by atoms with Crippen molar-refractivity contribution in [3.05, 3.63) is 158 Å². The first-order chi connectivity index (χ1) is 36.5. The van der Waals surface area contributed by atoms with Gasteiger partial charge in [0.25, 0.3) is 0 Å². The minimum atomic E-state index is -0.840. The van der Waals surface area contributed by atoms with Crippen molar-refractivity contribution < 1.29 is 28.6 Å². The fraction of sp³-hybridized carbons (Fsp3) is 0.574. The molecule has 0 heterocycles. The molecule has 0 aliphatic rings. The van der Waals surface area contributed by atoms with Crippen LogP contribution in [0.4, 0.5) is 0 Å². The van der Waals surface area contributed by atoms with Crippen LogP contribution < -0.4 is 0 Å². The van der Waals surface area contributed by atoms with Gasteiger partial charge in [0.2, 0.25) is 0 Å². The Balaban J connectivity index is 4.52. The number of esters is 3. The molecule has 0 saturated heterocycles. The summed E-state index contributed by atoms with van der Waals surface area (Å²) in [5.41, 5.74) is 0. The minimum Gasteiger partial charge on any atom is -0.462 e. The first-order valence-corrected chi connectivity index (χ1v) is 29.5. The van der Waals surface area contributed by atoms with Crippen LogP contribution in [0, 0.1) is 0 Å². The maximum Gasteiger partial charge on any atom is 0.309 e. The molecule has 0 saturated carbocycles. The van der Waals surface area contributed by atoms with Crippen LogP contribution in [0.25, 0.3) is 0 Å². The summed E-state index contributed by atoms with van der Waals surface area (Å²) in [6.07, 6.45) is 88.3. The molecule has 0 aliphatic carbocycles. The minimum absolute atomic E-state index is 0.114. The Morgan fingerprint density at radius 3 is 0.946 bits per heavy atom. The summed E-state index contributed by atoms with van der Waals surface area (Å²) in [6.45, 7) is 6.27. The predicted octanol–water partition coefficient (Wildman–Crippen LogP) is 20.1. The van der Waals surface area contributed by atoms with Crippen molar-refractivity contribution in [2.75, 3.05) is 13.2 Å². The third-order valence-electron chi connectivity index (χ3n) is 11.8. The molecule has 0 rings (SSSR count). The molecular weight excluding hydrogens is 913 g/mol. The molecule has 0 aromatic heterocycles. The highest BCUT2D eigenvalue weighted by Crippen LogP contribution is 2.13. The maximum absolute atomic E-state index is 12.9. The third-order valence-corrected chi connectivity index (χ3v) is 11.8. The van der Waals surface area contributed by atoms with Crippen molar-refractivity contribution in [2.45, 2.75) is 239 Å². The Labute approximate surface area is 454 Å². The number of hydrogen-bond donors (Lipinski definition) is 0. The summed E-state index contributed by atoms with van der Waals surface area (Å²) in [5, 5.41) is 0. The van der Waals surface area contributed by atoms with Crippen LogP contribution >= 0.6 is 0 Å². The van der Waals surface area contributed by atoms with Gasteiger partial charge in [-0.05, 0) is 128 Å². The van der Waals surface area contributed by atoms with E-state index >= 15 is 0 Å². The molecule has 0 aromatic rings. The molecule has 0 fully saturated rings. The lowest BCUT2D eigenvalue weighted by Gasteiger charge is -2.18. The number of rotatable bonds is 51. The van der Waals surface area contributed by atoms with Gasteiger partial charge >= 0.3 is 17.9 Å². The monoisotopic (exact) mass is 1020 g/mol. The molecule has 0 aromatic carbocycles. The lowest BCUT2D eigenvalue weighted by atomic mass is 10.1. The van der Waals surface area contributed by atoms with Gasteiger partial charge in [-0.25, -0.2) is 0 Å². The Hall–Kier alpha value is -4.97. The van der Waals surface area contributed by atoms with Crippen molar-refractivity contribution in [1.29, 1.82) is 0 Å². The van der Waals surface area contributed by atoms with E-state index in [1.54, 1.807) is 6.08 Å². The van der Waals surface area contributed by atoms with E-state index in [-0.39, 0.29) is 38.0 Å². The summed E-state index contributed by atoms with van der Waals surface area (Å²) >= 11 is 0. The largest absolute Gasteiger partial charge is 0.462 e. The molecule has 0 bridgehead atoms. The average molecular weight is 1020 g/mol. The van der Waals surface area contributed by atoms with Crippen LogP contribution in [-0.4, -0.2) is 37.2 Å². The fourth-order valence-corrected chi connectivity index (χ4v) is 7.43. The SMILES string of the molecule is CC/C=C\C/C=C\C/C=C\C/C=C\C/C=C\C/C=C\CCCCCCCCC(=O)OCC(COC(=O)C/C=C\C/C=C\C/C=C\C/C=C\C/C=C\CC)OC(=O)CCCCCCC/C=C\C/C=C\CCCCCC. The van der Waals surface area contributed by atoms with Gasteiger partial charge < -0.3 is 14.2 Å². The summed E-state index contributed by atoms with van der Waals surface area (Å²) in [6, 6.07) is 0. The number of allylic oxidation sites excluding steroid dienone is 25. The lowest BCUT2D eigenvalue weighted by Crippen LogP contribution is -2.30. The van der Waals surface area contributed by atoms with Gasteiger partial charge in [-0.1, -0.05) is 243 Å². The predicted molar refractivity (Wildman–Crippen MR) is 320 cm³/mol. The van der Waals surface area contributed by atoms with Gasteiger partial charge in [0.15, 0.2) is 6.10 Å². The summed E-state index contributed by atoms with van der Waals surface area (Å²) in [7, 11) is 0. The van der Waals surface area contributed by atoms with E-state index < -0.39 is 12.1 Å². The molecule has 1 unspecified atom stereocenters. The zero-order valence-corrected chi connectivity index (χ0v) is 47.3. The molecule has 0 spiro atoms. The number of carbonyl (C=O) groups excluding carboxylic acids is 3. The van der Waals surface area contributed by atoms with Gasteiger partial charge in [0, 0.05) is 12.8 Å². The third kappa shape index (κ3) is 57.9. The number of carbonyl (C=O) groups is 3. The van der Waals surface area contributed by atoms with Crippen molar-refractivity contribution in [3.63, 3.8) is 0 Å². The van der Waals surface area contributed by atoms with E-state index in [0.29, 0.717) is 6.42 Å². The molecule has 6 heteroatoms. The van der Waals surface area contributed by atoms with Crippen LogP contribution in [0.3, 0.4) is 0 Å². The van der Waals surface area contributed by atoms with Crippen LogP contribution in [-0.2, 0) is 28.6 Å². The zero-order chi connectivity index (χ0) is 53.6. The zero-order valence-electron chi connectivity index (χ0n) is 47.3. The molecule has 0 N–H and O–H groups in total. The first kappa shape index (κ1) is 69.0. The van der Waals surface area contributed by atoms with Crippen molar-refractivity contribution in [1.82, 2.24) is 0 Å². The number of unbranched alkanes of at least 4 members (excludes halogenated alkanes) is 15. The molecule has 0 amide bonds. The molecular formula is C68H106O6. The van der Waals surface area contributed by atoms with Crippen LogP contribution in [0.1, 0.15) is 233 Å². The lowest BCUT2D eigenvalue weighted by molar-refractivity contribution is -0.166. The summed E-state index contributed by atoms with van der Waals surface area (Å²) in [4.78, 5) is 38.1. The second-order valence-electron chi connectivity index (χ2n) is 18.8. The summed E-state index contributed by atoms with van der Waals surface area (Å²) < 4.78 is 16.7. The number of ether oxygens (including phenoxy) is 3. The van der Waals surface area contributed by atoms with Gasteiger partial charge in [-0.3, -0.25) is 14.4 Å². The highest BCUT2D eigenvalue weighted by Gasteiger charge is 2.19. The Morgan fingerprint density at radius 1 is 0.297 bits per heavy atom. The molecule has 0 radical (unpaired) electrons. The van der Waals surface area contributed by atoms with E-state index in [4.69, 9.17) is 14.2 Å². The Kier molecular flexibility index (Phi) is 56.5. The van der Waals surface area contributed by atoms with Gasteiger partial charge in [0.05, 0.1) is 6.42 Å². The Bertz CT molecular complexity index is 1690. The normalized spacial score (nSPS) is 13.3. The first-order valence-electron chi connectivity index (χ1n) is 29.5. The fourth-order valence-electron chi connectivity index (χ4n) is 7.43. The second kappa shape index (κ2) is 60.6. The average Bonchev–Trinajstić information content (AvgIpc) is 3.40. The highest BCUT2D eigenvalue weighted by atomic mass is 16.6. The molecule has 1 atom stereocenters. The van der Waals surface area contributed by atoms with Gasteiger partial charge in [-0.2, -0.15) is 0 Å². The van der Waals surface area contributed by atoms with E-state index in [1.165, 1.54) is 44.9 Å². The highest BCUT2D eigenvalue weighted by molar-refractivity contribution is 5.72. The van der Waals surface area contributed by atoms with Crippen LogP contribution in [0.5, 0.6) is 0 Å². The van der Waals surface area contributed by atoms with Crippen molar-refractivity contribution in [2.24, 2.45) is 0 Å². The van der Waals surface area contributed by atoms with E-state index in [2.05, 4.69) is 167 Å². The van der Waals surface area contributed by atoms with Crippen LogP contribution in [0.15, 0.2) is 158 Å². The molecule has 74 heavy (non-hydrogen) atoms. The Morgan fingerprint density at radius 2 is 0.581 bits per heavy atom. The van der Waals surface area contributed by atoms with Gasteiger partial charge in [-0.15, -0.1) is 0 Å². The quantitative estimate of drug-likeness (QED) is 0.0261. The summed E-state index contributed by atoms with van der Waals surface area (Å²) in [5.74, 6) is -1.10. The standard InChI is InChI=1S/C68H106O6/c1-4-7-10-13-16-19-22-25-28-30-31-32-33-34-35-36-37-38-41-43-46-49-52-55-58-61-67(70)73-64-65(63-72-66(69)60-57-54-51-48-45-42-39-27-24-21-18-15-12-9-6-3)74-68(71)62-59-56-53-50-47-44-40-29-26-23-20-17-14-11-8-5-2/h7,9-10,12,16,18-21,23,25,27-29,31-32,34-35,37-40,45,48,54,57,65H,4-6,8,11,13-15,17,22,24,26,30,33,36,41-44,46-47,49-53,55-56,58-64H2,1-3H3/b10-7-,12-9-,19-16-,21-18-,23-20-,28-25-,32-31-,35-34-,38-37-,39-27-,40-29-,48-45-,57-54-. The molecule has 0 aliphatic heterocycles. The molecule has 6 nitrogen and oxygen atoms in total. The van der Waals surface area contributed by atoms with E-state index in [9.17, 15) is 14.4 Å².